The van der Waals surface area contributed by atoms with E-state index in [9.17, 15) is 4.79 Å². The average molecular weight is 257 g/mol. The predicted octanol–water partition coefficient (Wildman–Crippen LogP) is 1.45. The highest BCUT2D eigenvalue weighted by molar-refractivity contribution is 5.82. The highest BCUT2D eigenvalue weighted by Gasteiger charge is 2.27. The number of likely N-dealkylation sites (N-methyl/N-ethyl adjacent to an activating group) is 1. The molecule has 0 aliphatic heterocycles. The number of hydrogen-bond donors (Lipinski definition) is 2. The molecule has 0 radical (unpaired) electrons. The summed E-state index contributed by atoms with van der Waals surface area (Å²) in [6, 6.07) is 0.387. The molecule has 4 nitrogen and oxygen atoms in total. The molecule has 3 N–H and O–H groups in total. The van der Waals surface area contributed by atoms with Crippen LogP contribution in [0, 0.1) is 11.3 Å². The molecule has 108 valence electrons. The van der Waals surface area contributed by atoms with Crippen LogP contribution in [-0.4, -0.2) is 44.0 Å². The molecular weight excluding hydrogens is 226 g/mol. The van der Waals surface area contributed by atoms with Gasteiger partial charge < -0.3 is 16.0 Å². The lowest BCUT2D eigenvalue weighted by molar-refractivity contribution is -0.129. The molecule has 0 rings (SSSR count). The maximum atomic E-state index is 12.0. The van der Waals surface area contributed by atoms with E-state index in [2.05, 4.69) is 38.2 Å². The van der Waals surface area contributed by atoms with Crippen LogP contribution in [0.3, 0.4) is 0 Å². The van der Waals surface area contributed by atoms with Gasteiger partial charge in [0.25, 0.3) is 0 Å². The second kappa shape index (κ2) is 7.74. The van der Waals surface area contributed by atoms with Gasteiger partial charge in [-0.2, -0.15) is 0 Å². The number of nitrogens with one attached hydrogen (secondary N) is 1. The summed E-state index contributed by atoms with van der Waals surface area (Å²) in [4.78, 5) is 14.2. The van der Waals surface area contributed by atoms with E-state index in [-0.39, 0.29) is 5.91 Å². The summed E-state index contributed by atoms with van der Waals surface area (Å²) in [5.74, 6) is 0.657. The Morgan fingerprint density at radius 3 is 2.11 bits per heavy atom. The molecule has 1 unspecified atom stereocenters. The minimum atomic E-state index is -0.481. The third-order valence-corrected chi connectivity index (χ3v) is 3.85. The third-order valence-electron chi connectivity index (χ3n) is 3.85. The van der Waals surface area contributed by atoms with Gasteiger partial charge in [-0.05, 0) is 33.9 Å². The lowest BCUT2D eigenvalue weighted by Gasteiger charge is -2.32. The molecule has 0 aromatic heterocycles. The molecule has 0 aromatic carbocycles. The lowest BCUT2D eigenvalue weighted by atomic mass is 9.90. The molecule has 0 aliphatic carbocycles. The van der Waals surface area contributed by atoms with Crippen molar-refractivity contribution in [2.24, 2.45) is 17.1 Å². The fraction of sp³-hybridized carbons (Fsp3) is 0.929. The lowest BCUT2D eigenvalue weighted by Crippen LogP contribution is -2.49. The smallest absolute Gasteiger partial charge is 0.226 e. The molecule has 0 fully saturated rings. The molecule has 0 bridgehead atoms. The molecule has 0 heterocycles. The van der Waals surface area contributed by atoms with Crippen molar-refractivity contribution in [2.45, 2.75) is 46.6 Å². The minimum Gasteiger partial charge on any atom is -0.354 e. The van der Waals surface area contributed by atoms with E-state index in [1.54, 1.807) is 0 Å². The number of carbonyl (C=O) groups is 1. The summed E-state index contributed by atoms with van der Waals surface area (Å²) in [5.41, 5.74) is 5.13. The Kier molecular flexibility index (Phi) is 7.48. The molecular formula is C14H31N3O. The molecule has 0 aromatic rings. The number of rotatable bonds is 8. The molecule has 4 heteroatoms. The van der Waals surface area contributed by atoms with Crippen molar-refractivity contribution >= 4 is 5.91 Å². The van der Waals surface area contributed by atoms with E-state index in [0.29, 0.717) is 25.0 Å². The normalized spacial score (nSPS) is 14.1. The van der Waals surface area contributed by atoms with Gasteiger partial charge in [-0.3, -0.25) is 4.79 Å². The van der Waals surface area contributed by atoms with Crippen molar-refractivity contribution in [2.75, 3.05) is 27.2 Å². The Balaban J connectivity index is 4.50. The van der Waals surface area contributed by atoms with Crippen LogP contribution in [0.15, 0.2) is 0 Å². The topological polar surface area (TPSA) is 58.4 Å². The van der Waals surface area contributed by atoms with E-state index in [1.807, 2.05) is 13.8 Å². The highest BCUT2D eigenvalue weighted by atomic mass is 16.2. The minimum absolute atomic E-state index is 0.0443. The maximum Gasteiger partial charge on any atom is 0.226 e. The number of nitrogens with zero attached hydrogens (tertiary/aromatic N) is 1. The first kappa shape index (κ1) is 17.4. The van der Waals surface area contributed by atoms with Gasteiger partial charge in [0, 0.05) is 19.1 Å². The summed E-state index contributed by atoms with van der Waals surface area (Å²) in [6.07, 6.45) is 2.27. The zero-order chi connectivity index (χ0) is 14.3. The first-order valence-electron chi connectivity index (χ1n) is 6.94. The second-order valence-electron chi connectivity index (χ2n) is 5.91. The van der Waals surface area contributed by atoms with E-state index < -0.39 is 5.41 Å². The fourth-order valence-electron chi connectivity index (χ4n) is 2.13. The van der Waals surface area contributed by atoms with Gasteiger partial charge >= 0.3 is 0 Å². The first-order valence-corrected chi connectivity index (χ1v) is 6.94. The molecule has 1 amide bonds. The van der Waals surface area contributed by atoms with Crippen LogP contribution < -0.4 is 11.1 Å². The molecule has 0 saturated heterocycles. The molecule has 1 atom stereocenters. The summed E-state index contributed by atoms with van der Waals surface area (Å²) in [6.45, 7) is 9.24. The Labute approximate surface area is 112 Å². The summed E-state index contributed by atoms with van der Waals surface area (Å²) < 4.78 is 0. The van der Waals surface area contributed by atoms with Crippen LogP contribution in [0.5, 0.6) is 0 Å². The second-order valence-corrected chi connectivity index (χ2v) is 5.91. The Morgan fingerprint density at radius 1 is 1.28 bits per heavy atom. The maximum absolute atomic E-state index is 12.0. The van der Waals surface area contributed by atoms with Crippen molar-refractivity contribution in [3.63, 3.8) is 0 Å². The number of amides is 1. The quantitative estimate of drug-likeness (QED) is 0.692. The van der Waals surface area contributed by atoms with Gasteiger partial charge in [0.15, 0.2) is 0 Å². The third kappa shape index (κ3) is 4.94. The Hall–Kier alpha value is -0.610. The van der Waals surface area contributed by atoms with Crippen LogP contribution in [-0.2, 0) is 4.79 Å². The highest BCUT2D eigenvalue weighted by Crippen LogP contribution is 2.17. The van der Waals surface area contributed by atoms with Crippen LogP contribution in [0.2, 0.25) is 0 Å². The van der Waals surface area contributed by atoms with Crippen molar-refractivity contribution in [3.8, 4) is 0 Å². The van der Waals surface area contributed by atoms with E-state index in [0.717, 1.165) is 12.8 Å². The zero-order valence-corrected chi connectivity index (χ0v) is 12.9. The van der Waals surface area contributed by atoms with Crippen LogP contribution >= 0.6 is 0 Å². The largest absolute Gasteiger partial charge is 0.354 e. The van der Waals surface area contributed by atoms with Gasteiger partial charge in [0.1, 0.15) is 0 Å². The van der Waals surface area contributed by atoms with Crippen LogP contribution in [0.1, 0.15) is 40.5 Å². The van der Waals surface area contributed by atoms with Crippen LogP contribution in [0.4, 0.5) is 0 Å². The summed E-state index contributed by atoms with van der Waals surface area (Å²) in [5, 5.41) is 3.04. The van der Waals surface area contributed by atoms with Crippen molar-refractivity contribution in [1.82, 2.24) is 10.2 Å². The molecule has 18 heavy (non-hydrogen) atoms. The zero-order valence-electron chi connectivity index (χ0n) is 12.9. The van der Waals surface area contributed by atoms with E-state index in [4.69, 9.17) is 5.73 Å². The standard InChI is InChI=1S/C14H31N3O/c1-7-11(8-2)12(17(5)6)9-16-13(18)14(3,4)10-15/h11-12H,7-10,15H2,1-6H3,(H,16,18). The molecule has 0 aliphatic rings. The summed E-state index contributed by atoms with van der Waals surface area (Å²) >= 11 is 0. The monoisotopic (exact) mass is 257 g/mol. The van der Waals surface area contributed by atoms with Gasteiger partial charge in [-0.1, -0.05) is 26.7 Å². The number of hydrogen-bond acceptors (Lipinski definition) is 3. The SMILES string of the molecule is CCC(CC)C(CNC(=O)C(C)(C)CN)N(C)C. The fourth-order valence-corrected chi connectivity index (χ4v) is 2.13. The van der Waals surface area contributed by atoms with Gasteiger partial charge in [0.05, 0.1) is 5.41 Å². The average Bonchev–Trinajstić information content (AvgIpc) is 2.33. The van der Waals surface area contributed by atoms with Gasteiger partial charge in [-0.25, -0.2) is 0 Å². The van der Waals surface area contributed by atoms with Gasteiger partial charge in [0.2, 0.25) is 5.91 Å². The van der Waals surface area contributed by atoms with E-state index >= 15 is 0 Å². The first-order chi connectivity index (χ1) is 8.30. The van der Waals surface area contributed by atoms with Crippen molar-refractivity contribution in [1.29, 1.82) is 0 Å². The van der Waals surface area contributed by atoms with E-state index in [1.165, 1.54) is 0 Å². The van der Waals surface area contributed by atoms with Crippen molar-refractivity contribution < 1.29 is 4.79 Å². The molecule has 0 spiro atoms. The Morgan fingerprint density at radius 2 is 1.78 bits per heavy atom. The number of nitrogens with two attached hydrogens (primary N) is 1. The molecule has 0 saturated carbocycles. The van der Waals surface area contributed by atoms with Gasteiger partial charge in [-0.15, -0.1) is 0 Å². The van der Waals surface area contributed by atoms with Crippen molar-refractivity contribution in [3.05, 3.63) is 0 Å². The number of carbonyl (C=O) groups excluding carboxylic acids is 1. The van der Waals surface area contributed by atoms with Crippen LogP contribution in [0.25, 0.3) is 0 Å². The predicted molar refractivity (Wildman–Crippen MR) is 77.4 cm³/mol. The summed E-state index contributed by atoms with van der Waals surface area (Å²) in [7, 11) is 4.15. The Bertz CT molecular complexity index is 247.